The Bertz CT molecular complexity index is 552. The molecule has 0 bridgehead atoms. The molecule has 1 aromatic rings. The monoisotopic (exact) mass is 299 g/mol. The van der Waals surface area contributed by atoms with Crippen molar-refractivity contribution in [3.05, 3.63) is 47.3 Å². The van der Waals surface area contributed by atoms with Gasteiger partial charge in [0.15, 0.2) is 0 Å². The Morgan fingerprint density at radius 2 is 1.90 bits per heavy atom. The molecule has 6 heteroatoms. The van der Waals surface area contributed by atoms with Gasteiger partial charge in [-0.2, -0.15) is 13.2 Å². The summed E-state index contributed by atoms with van der Waals surface area (Å²) in [6.45, 7) is 7.36. The Hall–Kier alpha value is -1.82. The molecule has 1 rings (SSSR count). The van der Waals surface area contributed by atoms with Crippen molar-refractivity contribution in [2.75, 3.05) is 0 Å². The lowest BCUT2D eigenvalue weighted by Crippen LogP contribution is -2.23. The van der Waals surface area contributed by atoms with Crippen molar-refractivity contribution < 1.29 is 13.2 Å². The summed E-state index contributed by atoms with van der Waals surface area (Å²) in [5.74, 6) is 5.36. The second kappa shape index (κ2) is 6.30. The van der Waals surface area contributed by atoms with Gasteiger partial charge in [-0.05, 0) is 36.1 Å². The third kappa shape index (κ3) is 4.60. The van der Waals surface area contributed by atoms with Gasteiger partial charge < -0.3 is 5.43 Å². The lowest BCUT2D eigenvalue weighted by atomic mass is 9.87. The van der Waals surface area contributed by atoms with Gasteiger partial charge in [0.2, 0.25) is 0 Å². The first-order chi connectivity index (χ1) is 9.59. The Kier molecular flexibility index (Phi) is 5.17. The Morgan fingerprint density at radius 3 is 2.33 bits per heavy atom. The zero-order chi connectivity index (χ0) is 16.3. The van der Waals surface area contributed by atoms with Crippen LogP contribution in [0.15, 0.2) is 36.1 Å². The molecule has 0 amide bonds. The van der Waals surface area contributed by atoms with Crippen molar-refractivity contribution in [2.24, 2.45) is 5.84 Å². The molecule has 0 aliphatic carbocycles. The number of hydrazine groups is 1. The normalized spacial score (nSPS) is 14.3. The number of hydrogen-bond acceptors (Lipinski definition) is 3. The third-order valence-electron chi connectivity index (χ3n) is 3.00. The molecule has 0 spiro atoms. The van der Waals surface area contributed by atoms with Crippen LogP contribution in [0.2, 0.25) is 0 Å². The first kappa shape index (κ1) is 17.2. The second-order valence-electron chi connectivity index (χ2n) is 5.62. The van der Waals surface area contributed by atoms with E-state index in [1.807, 2.05) is 26.8 Å². The van der Waals surface area contributed by atoms with Crippen molar-refractivity contribution in [1.29, 1.82) is 0 Å². The minimum absolute atomic E-state index is 0.117. The number of nitrogens with one attached hydrogen (secondary N) is 1. The van der Waals surface area contributed by atoms with E-state index in [0.29, 0.717) is 5.69 Å². The van der Waals surface area contributed by atoms with Gasteiger partial charge in [-0.1, -0.05) is 26.8 Å². The van der Waals surface area contributed by atoms with Crippen LogP contribution in [0.4, 0.5) is 13.2 Å². The standard InChI is InChI=1S/C15H20F3N3/c1-5-10(15(16,17)18)8-13(21-19)12-9-11(6-7-20-12)14(2,3)4/h5-9,21H,19H2,1-4H3/b10-5-,13-8-. The molecule has 0 saturated carbocycles. The molecule has 1 aromatic heterocycles. The van der Waals surface area contributed by atoms with Gasteiger partial charge in [-0.25, -0.2) is 0 Å². The van der Waals surface area contributed by atoms with Crippen LogP contribution in [-0.2, 0) is 5.41 Å². The first-order valence-electron chi connectivity index (χ1n) is 6.48. The summed E-state index contributed by atoms with van der Waals surface area (Å²) in [6.07, 6.45) is -0.928. The Morgan fingerprint density at radius 1 is 1.29 bits per heavy atom. The summed E-state index contributed by atoms with van der Waals surface area (Å²) < 4.78 is 38.4. The summed E-state index contributed by atoms with van der Waals surface area (Å²) in [7, 11) is 0. The summed E-state index contributed by atoms with van der Waals surface area (Å²) >= 11 is 0. The van der Waals surface area contributed by atoms with Gasteiger partial charge in [0.25, 0.3) is 0 Å². The summed E-state index contributed by atoms with van der Waals surface area (Å²) in [6, 6.07) is 3.56. The molecule has 3 N–H and O–H groups in total. The Balaban J connectivity index is 3.29. The maximum atomic E-state index is 12.8. The lowest BCUT2D eigenvalue weighted by Gasteiger charge is -2.20. The molecule has 0 aromatic carbocycles. The van der Waals surface area contributed by atoms with Crippen LogP contribution in [0.25, 0.3) is 5.70 Å². The number of pyridine rings is 1. The summed E-state index contributed by atoms with van der Waals surface area (Å²) in [5, 5.41) is 0. The second-order valence-corrected chi connectivity index (χ2v) is 5.62. The number of aromatic nitrogens is 1. The topological polar surface area (TPSA) is 50.9 Å². The van der Waals surface area contributed by atoms with E-state index in [0.717, 1.165) is 17.7 Å². The highest BCUT2D eigenvalue weighted by atomic mass is 19.4. The van der Waals surface area contributed by atoms with Crippen molar-refractivity contribution >= 4 is 5.70 Å². The van der Waals surface area contributed by atoms with E-state index in [1.54, 1.807) is 12.3 Å². The van der Waals surface area contributed by atoms with E-state index in [9.17, 15) is 13.2 Å². The number of rotatable bonds is 3. The zero-order valence-electron chi connectivity index (χ0n) is 12.5. The molecule has 116 valence electrons. The molecule has 0 unspecified atom stereocenters. The number of nitrogens with two attached hydrogens (primary N) is 1. The molecule has 1 heterocycles. The fraction of sp³-hybridized carbons (Fsp3) is 0.400. The van der Waals surface area contributed by atoms with Gasteiger partial charge in [0, 0.05) is 6.20 Å². The fourth-order valence-electron chi connectivity index (χ4n) is 1.72. The molecular formula is C15H20F3N3. The van der Waals surface area contributed by atoms with E-state index in [1.165, 1.54) is 6.92 Å². The van der Waals surface area contributed by atoms with Crippen molar-refractivity contribution in [1.82, 2.24) is 10.4 Å². The van der Waals surface area contributed by atoms with Crippen molar-refractivity contribution in [3.63, 3.8) is 0 Å². The van der Waals surface area contributed by atoms with Gasteiger partial charge in [0.1, 0.15) is 0 Å². The summed E-state index contributed by atoms with van der Waals surface area (Å²) in [5.41, 5.74) is 2.83. The van der Waals surface area contributed by atoms with E-state index in [-0.39, 0.29) is 11.1 Å². The number of allylic oxidation sites excluding steroid dienone is 3. The third-order valence-corrected chi connectivity index (χ3v) is 3.00. The molecule has 21 heavy (non-hydrogen) atoms. The molecular weight excluding hydrogens is 279 g/mol. The number of hydrogen-bond donors (Lipinski definition) is 2. The minimum atomic E-state index is -4.43. The highest BCUT2D eigenvalue weighted by Crippen LogP contribution is 2.29. The largest absolute Gasteiger partial charge is 0.416 e. The van der Waals surface area contributed by atoms with Crippen LogP contribution in [0.1, 0.15) is 39.0 Å². The molecule has 3 nitrogen and oxygen atoms in total. The minimum Gasteiger partial charge on any atom is -0.322 e. The van der Waals surface area contributed by atoms with Crippen LogP contribution >= 0.6 is 0 Å². The highest BCUT2D eigenvalue weighted by Gasteiger charge is 2.31. The van der Waals surface area contributed by atoms with Crippen LogP contribution in [-0.4, -0.2) is 11.2 Å². The predicted molar refractivity (Wildman–Crippen MR) is 78.0 cm³/mol. The van der Waals surface area contributed by atoms with Crippen molar-refractivity contribution in [2.45, 2.75) is 39.3 Å². The maximum Gasteiger partial charge on any atom is 0.416 e. The number of halogens is 3. The van der Waals surface area contributed by atoms with Crippen LogP contribution in [0.3, 0.4) is 0 Å². The first-order valence-corrected chi connectivity index (χ1v) is 6.48. The molecule has 0 saturated heterocycles. The molecule has 0 aliphatic heterocycles. The van der Waals surface area contributed by atoms with Crippen LogP contribution < -0.4 is 11.3 Å². The number of nitrogens with zero attached hydrogens (tertiary/aromatic N) is 1. The van der Waals surface area contributed by atoms with Gasteiger partial charge in [-0.15, -0.1) is 0 Å². The fourth-order valence-corrected chi connectivity index (χ4v) is 1.72. The quantitative estimate of drug-likeness (QED) is 0.508. The van der Waals surface area contributed by atoms with E-state index >= 15 is 0 Å². The lowest BCUT2D eigenvalue weighted by molar-refractivity contribution is -0.0882. The van der Waals surface area contributed by atoms with E-state index in [2.05, 4.69) is 10.4 Å². The number of alkyl halides is 3. The van der Waals surface area contributed by atoms with Crippen LogP contribution in [0.5, 0.6) is 0 Å². The van der Waals surface area contributed by atoms with Gasteiger partial charge >= 0.3 is 6.18 Å². The SMILES string of the molecule is C/C=C(/C=C(\NN)c1cc(C(C)(C)C)ccn1)C(F)(F)F. The van der Waals surface area contributed by atoms with Crippen molar-refractivity contribution in [3.8, 4) is 0 Å². The smallest absolute Gasteiger partial charge is 0.322 e. The highest BCUT2D eigenvalue weighted by molar-refractivity contribution is 5.64. The van der Waals surface area contributed by atoms with E-state index < -0.39 is 11.7 Å². The average molecular weight is 299 g/mol. The van der Waals surface area contributed by atoms with E-state index in [4.69, 9.17) is 5.84 Å². The predicted octanol–water partition coefficient (Wildman–Crippen LogP) is 3.69. The Labute approximate surface area is 122 Å². The average Bonchev–Trinajstić information content (AvgIpc) is 2.37. The molecule has 0 aliphatic rings. The van der Waals surface area contributed by atoms with Gasteiger partial charge in [0.05, 0.1) is 17.0 Å². The maximum absolute atomic E-state index is 12.8. The molecule has 0 radical (unpaired) electrons. The molecule has 0 atom stereocenters. The van der Waals surface area contributed by atoms with Gasteiger partial charge in [-0.3, -0.25) is 10.8 Å². The summed E-state index contributed by atoms with van der Waals surface area (Å²) in [4.78, 5) is 4.09. The molecule has 0 fully saturated rings. The zero-order valence-corrected chi connectivity index (χ0v) is 12.5. The van der Waals surface area contributed by atoms with Crippen LogP contribution in [0, 0.1) is 0 Å².